The first-order valence-corrected chi connectivity index (χ1v) is 11.5. The fourth-order valence-electron chi connectivity index (χ4n) is 3.20. The van der Waals surface area contributed by atoms with Crippen LogP contribution in [0.2, 0.25) is 0 Å². The Bertz CT molecular complexity index is 302. The molecule has 0 aliphatic carbocycles. The van der Waals surface area contributed by atoms with Crippen LogP contribution >= 0.6 is 12.6 Å². The summed E-state index contributed by atoms with van der Waals surface area (Å²) >= 11 is 4.08. The molecule has 0 bridgehead atoms. The maximum Gasteiger partial charge on any atom is 0.311 e. The van der Waals surface area contributed by atoms with Crippen LogP contribution in [0.25, 0.3) is 0 Å². The molecular formula is C22H44O2S. The zero-order chi connectivity index (χ0) is 18.8. The van der Waals surface area contributed by atoms with Gasteiger partial charge in [-0.2, -0.15) is 12.6 Å². The lowest BCUT2D eigenvalue weighted by Gasteiger charge is -2.22. The Kier molecular flexibility index (Phi) is 17.1. The molecule has 0 saturated heterocycles. The molecule has 0 heterocycles. The zero-order valence-electron chi connectivity index (χ0n) is 17.3. The fraction of sp³-hybridized carbons (Fsp3) is 0.955. The number of hydrogen-bond acceptors (Lipinski definition) is 3. The number of rotatable bonds is 18. The highest BCUT2D eigenvalue weighted by molar-refractivity contribution is 7.80. The summed E-state index contributed by atoms with van der Waals surface area (Å²) in [6.45, 7) is 6.69. The predicted octanol–water partition coefficient (Wildman–Crippen LogP) is 7.36. The van der Waals surface area contributed by atoms with Gasteiger partial charge in [0.1, 0.15) is 6.61 Å². The highest BCUT2D eigenvalue weighted by atomic mass is 32.1. The molecule has 0 aromatic carbocycles. The second-order valence-corrected chi connectivity index (χ2v) is 8.54. The second kappa shape index (κ2) is 17.2. The van der Waals surface area contributed by atoms with Crippen LogP contribution in [0, 0.1) is 5.41 Å². The van der Waals surface area contributed by atoms with Gasteiger partial charge in [0.2, 0.25) is 0 Å². The summed E-state index contributed by atoms with van der Waals surface area (Å²) in [5.74, 6) is 0.525. The van der Waals surface area contributed by atoms with Crippen LogP contribution in [0.5, 0.6) is 0 Å². The van der Waals surface area contributed by atoms with Gasteiger partial charge in [0.05, 0.1) is 5.41 Å². The Morgan fingerprint density at radius 1 is 0.760 bits per heavy atom. The number of ether oxygens (including phenoxy) is 1. The van der Waals surface area contributed by atoms with Crippen LogP contribution in [0.3, 0.4) is 0 Å². The summed E-state index contributed by atoms with van der Waals surface area (Å²) in [4.78, 5) is 11.9. The van der Waals surface area contributed by atoms with Crippen molar-refractivity contribution in [3.63, 3.8) is 0 Å². The molecule has 0 fully saturated rings. The lowest BCUT2D eigenvalue weighted by atomic mass is 9.87. The molecule has 0 aliphatic heterocycles. The zero-order valence-corrected chi connectivity index (χ0v) is 18.2. The molecule has 0 spiro atoms. The molecule has 0 atom stereocenters. The van der Waals surface area contributed by atoms with Crippen molar-refractivity contribution in [2.24, 2.45) is 5.41 Å². The molecule has 0 aromatic rings. The number of thiol groups is 1. The van der Waals surface area contributed by atoms with Gasteiger partial charge in [-0.15, -0.1) is 0 Å². The number of esters is 1. The van der Waals surface area contributed by atoms with Gasteiger partial charge in [0.25, 0.3) is 0 Å². The molecule has 0 saturated carbocycles. The normalized spacial score (nSPS) is 11.7. The standard InChI is InChI=1S/C22H44O2S/c1-4-5-6-7-8-9-10-11-12-13-14-15-16-17-18-22(2,3)21(23)24-19-20-25/h25H,4-20H2,1-3H3. The van der Waals surface area contributed by atoms with Crippen LogP contribution < -0.4 is 0 Å². The highest BCUT2D eigenvalue weighted by Crippen LogP contribution is 2.26. The first kappa shape index (κ1) is 24.8. The summed E-state index contributed by atoms with van der Waals surface area (Å²) < 4.78 is 5.21. The molecule has 3 heteroatoms. The van der Waals surface area contributed by atoms with Crippen molar-refractivity contribution in [2.45, 2.75) is 117 Å². The van der Waals surface area contributed by atoms with E-state index in [1.165, 1.54) is 83.5 Å². The summed E-state index contributed by atoms with van der Waals surface area (Å²) in [6.07, 6.45) is 20.1. The van der Waals surface area contributed by atoms with E-state index in [9.17, 15) is 4.79 Å². The summed E-state index contributed by atoms with van der Waals surface area (Å²) in [5, 5.41) is 0. The number of unbranched alkanes of at least 4 members (excludes halogenated alkanes) is 13. The third-order valence-corrected chi connectivity index (χ3v) is 5.21. The lowest BCUT2D eigenvalue weighted by molar-refractivity contribution is -0.153. The molecule has 25 heavy (non-hydrogen) atoms. The van der Waals surface area contributed by atoms with Crippen molar-refractivity contribution >= 4 is 18.6 Å². The summed E-state index contributed by atoms with van der Waals surface area (Å²) in [6, 6.07) is 0. The van der Waals surface area contributed by atoms with Crippen molar-refractivity contribution in [3.05, 3.63) is 0 Å². The van der Waals surface area contributed by atoms with Gasteiger partial charge >= 0.3 is 5.97 Å². The van der Waals surface area contributed by atoms with Crippen molar-refractivity contribution in [2.75, 3.05) is 12.4 Å². The molecule has 0 rings (SSSR count). The quantitative estimate of drug-likeness (QED) is 0.154. The van der Waals surface area contributed by atoms with E-state index >= 15 is 0 Å². The van der Waals surface area contributed by atoms with Gasteiger partial charge in [-0.1, -0.05) is 96.8 Å². The number of carbonyl (C=O) groups is 1. The predicted molar refractivity (Wildman–Crippen MR) is 114 cm³/mol. The molecular weight excluding hydrogens is 328 g/mol. The topological polar surface area (TPSA) is 26.3 Å². The van der Waals surface area contributed by atoms with Gasteiger partial charge in [-0.3, -0.25) is 4.79 Å². The SMILES string of the molecule is CCCCCCCCCCCCCCCCC(C)(C)C(=O)OCCS. The van der Waals surface area contributed by atoms with E-state index in [1.807, 2.05) is 13.8 Å². The maximum absolute atomic E-state index is 11.9. The van der Waals surface area contributed by atoms with Crippen molar-refractivity contribution in [1.29, 1.82) is 0 Å². The van der Waals surface area contributed by atoms with Gasteiger partial charge in [-0.25, -0.2) is 0 Å². The van der Waals surface area contributed by atoms with E-state index < -0.39 is 0 Å². The lowest BCUT2D eigenvalue weighted by Crippen LogP contribution is -2.27. The first-order chi connectivity index (χ1) is 12.0. The Labute approximate surface area is 163 Å². The van der Waals surface area contributed by atoms with Gasteiger partial charge in [0, 0.05) is 5.75 Å². The molecule has 0 aliphatic rings. The minimum absolute atomic E-state index is 0.0729. The molecule has 150 valence electrons. The van der Waals surface area contributed by atoms with E-state index in [1.54, 1.807) is 0 Å². The second-order valence-electron chi connectivity index (χ2n) is 8.09. The molecule has 0 amide bonds. The monoisotopic (exact) mass is 372 g/mol. The largest absolute Gasteiger partial charge is 0.464 e. The Morgan fingerprint density at radius 2 is 1.16 bits per heavy atom. The van der Waals surface area contributed by atoms with Crippen LogP contribution in [0.15, 0.2) is 0 Å². The summed E-state index contributed by atoms with van der Waals surface area (Å²) in [5.41, 5.74) is -0.347. The minimum Gasteiger partial charge on any atom is -0.464 e. The first-order valence-electron chi connectivity index (χ1n) is 10.8. The van der Waals surface area contributed by atoms with E-state index in [-0.39, 0.29) is 11.4 Å². The molecule has 0 unspecified atom stereocenters. The molecule has 0 aromatic heterocycles. The van der Waals surface area contributed by atoms with Gasteiger partial charge < -0.3 is 4.74 Å². The van der Waals surface area contributed by atoms with E-state index in [2.05, 4.69) is 19.6 Å². The smallest absolute Gasteiger partial charge is 0.311 e. The Hall–Kier alpha value is -0.180. The Balaban J connectivity index is 3.34. The van der Waals surface area contributed by atoms with Gasteiger partial charge in [-0.05, 0) is 20.3 Å². The van der Waals surface area contributed by atoms with Gasteiger partial charge in [0.15, 0.2) is 0 Å². The van der Waals surface area contributed by atoms with Crippen molar-refractivity contribution in [1.82, 2.24) is 0 Å². The van der Waals surface area contributed by atoms with Crippen LogP contribution in [-0.2, 0) is 9.53 Å². The number of carbonyl (C=O) groups excluding carboxylic acids is 1. The molecule has 0 radical (unpaired) electrons. The van der Waals surface area contributed by atoms with Crippen LogP contribution in [0.1, 0.15) is 117 Å². The Morgan fingerprint density at radius 3 is 1.56 bits per heavy atom. The van der Waals surface area contributed by atoms with Crippen molar-refractivity contribution in [3.8, 4) is 0 Å². The average Bonchev–Trinajstić information content (AvgIpc) is 2.59. The third-order valence-electron chi connectivity index (χ3n) is 5.03. The van der Waals surface area contributed by atoms with Crippen LogP contribution in [0.4, 0.5) is 0 Å². The third kappa shape index (κ3) is 15.8. The molecule has 0 N–H and O–H groups in total. The highest BCUT2D eigenvalue weighted by Gasteiger charge is 2.28. The van der Waals surface area contributed by atoms with Crippen molar-refractivity contribution < 1.29 is 9.53 Å². The summed E-state index contributed by atoms with van der Waals surface area (Å²) in [7, 11) is 0. The fourth-order valence-corrected chi connectivity index (χ4v) is 3.29. The number of hydrogen-bond donors (Lipinski definition) is 1. The maximum atomic E-state index is 11.9. The van der Waals surface area contributed by atoms with E-state index in [0.717, 1.165) is 12.8 Å². The van der Waals surface area contributed by atoms with Crippen LogP contribution in [-0.4, -0.2) is 18.3 Å². The minimum atomic E-state index is -0.347. The average molecular weight is 373 g/mol. The molecule has 2 nitrogen and oxygen atoms in total. The van der Waals surface area contributed by atoms with E-state index in [0.29, 0.717) is 12.4 Å². The van der Waals surface area contributed by atoms with E-state index in [4.69, 9.17) is 4.74 Å².